The topological polar surface area (TPSA) is 188 Å². The molecule has 13 nitrogen and oxygen atoms in total. The Bertz CT molecular complexity index is 1060. The normalized spacial score (nSPS) is 20.4. The van der Waals surface area contributed by atoms with Crippen molar-refractivity contribution >= 4 is 69.4 Å². The van der Waals surface area contributed by atoms with Crippen LogP contribution in [0.15, 0.2) is 16.4 Å². The molecule has 3 rings (SSSR count). The Kier molecular flexibility index (Phi) is 6.80. The number of hydrogen-bond donors (Lipinski definition) is 4. The number of halogens is 1. The van der Waals surface area contributed by atoms with Gasteiger partial charge in [0.1, 0.15) is 33.7 Å². The Balaban J connectivity index is 1.76. The largest absolute Gasteiger partial charge is 0.477 e. The number of thioether (sulfide) groups is 1. The first-order valence-electron chi connectivity index (χ1n) is 8.76. The minimum Gasteiger partial charge on any atom is -0.477 e. The summed E-state index contributed by atoms with van der Waals surface area (Å²) in [6.07, 6.45) is -0.661. The highest BCUT2D eigenvalue weighted by Crippen LogP contribution is 2.40. The second kappa shape index (κ2) is 9.22. The van der Waals surface area contributed by atoms with E-state index in [2.05, 4.69) is 15.5 Å². The number of hydrogen-bond acceptors (Lipinski definition) is 11. The number of nitrogens with zero attached hydrogens (tertiary/aromatic N) is 4. The molecule has 1 aromatic heterocycles. The van der Waals surface area contributed by atoms with Crippen molar-refractivity contribution in [3.8, 4) is 0 Å². The molecule has 3 amide bonds. The highest BCUT2D eigenvalue weighted by Gasteiger charge is 2.54. The van der Waals surface area contributed by atoms with Crippen LogP contribution in [0.5, 0.6) is 0 Å². The molecule has 1 aromatic rings. The fraction of sp³-hybridized carbons (Fsp3) is 0.375. The summed E-state index contributed by atoms with van der Waals surface area (Å²) in [6, 6.07) is -1.08. The predicted octanol–water partition coefficient (Wildman–Crippen LogP) is -0.00620. The van der Waals surface area contributed by atoms with Gasteiger partial charge in [0.05, 0.1) is 0 Å². The van der Waals surface area contributed by atoms with E-state index in [4.69, 9.17) is 22.1 Å². The second-order valence-corrected chi connectivity index (χ2v) is 9.43. The van der Waals surface area contributed by atoms with E-state index >= 15 is 0 Å². The van der Waals surface area contributed by atoms with E-state index < -0.39 is 41.0 Å². The molecule has 32 heavy (non-hydrogen) atoms. The lowest BCUT2D eigenvalue weighted by Gasteiger charge is -2.49. The summed E-state index contributed by atoms with van der Waals surface area (Å²) in [4.78, 5) is 54.7. The number of ether oxygens (including phenoxy) is 1. The number of carbonyl (C=O) groups excluding carboxylic acids is 3. The molecule has 1 fully saturated rings. The molecule has 172 valence electrons. The molecule has 0 spiro atoms. The van der Waals surface area contributed by atoms with Gasteiger partial charge in [-0.3, -0.25) is 14.5 Å². The van der Waals surface area contributed by atoms with Gasteiger partial charge in [-0.25, -0.2) is 14.6 Å². The molecule has 2 aliphatic rings. The van der Waals surface area contributed by atoms with Gasteiger partial charge in [-0.05, 0) is 0 Å². The number of amides is 3. The first-order chi connectivity index (χ1) is 15.1. The van der Waals surface area contributed by atoms with Gasteiger partial charge in [0, 0.05) is 25.4 Å². The first kappa shape index (κ1) is 23.6. The average Bonchev–Trinajstić information content (AvgIpc) is 3.07. The minimum atomic E-state index is -1.37. The first-order valence-corrected chi connectivity index (χ1v) is 11.0. The summed E-state index contributed by atoms with van der Waals surface area (Å²) in [5, 5.41) is 23.5. The number of nitrogens with one attached hydrogen (secondary N) is 1. The number of aromatic nitrogens is 1. The molecule has 16 heteroatoms. The smallest absolute Gasteiger partial charge is 0.409 e. The van der Waals surface area contributed by atoms with E-state index in [1.165, 1.54) is 30.8 Å². The Morgan fingerprint density at radius 1 is 1.44 bits per heavy atom. The number of rotatable bonds is 6. The van der Waals surface area contributed by atoms with E-state index in [9.17, 15) is 29.5 Å². The Labute approximate surface area is 193 Å². The SMILES string of the molecule is CN(C)C(=O)OCC1=C(C(=O)O)N2C(=O)[C@@H](NC(=O)/C(=N\O)c3nc(N)sc3Cl)[C@H]2SC1. The number of nitrogens with two attached hydrogens (primary N) is 1. The lowest BCUT2D eigenvalue weighted by Crippen LogP contribution is -2.71. The van der Waals surface area contributed by atoms with Crippen molar-refractivity contribution in [1.82, 2.24) is 20.1 Å². The molecule has 0 aliphatic carbocycles. The standard InChI is InChI=1S/C16H17ClN6O7S2/c1-22(2)16(28)30-3-5-4-31-13-8(12(25)23(13)9(5)14(26)27)19-11(24)7(21-29)6-10(17)32-15(18)20-6/h8,13,29H,3-4H2,1-2H3,(H2,18,20)(H,19,24)(H,26,27)/b21-7-/t8-,13-/m1/s1. The predicted molar refractivity (Wildman–Crippen MR) is 115 cm³/mol. The Hall–Kier alpha value is -3.04. The van der Waals surface area contributed by atoms with Crippen molar-refractivity contribution < 1.29 is 34.2 Å². The second-order valence-electron chi connectivity index (χ2n) is 6.69. The van der Waals surface area contributed by atoms with Gasteiger partial charge < -0.3 is 31.0 Å². The quantitative estimate of drug-likeness (QED) is 0.177. The zero-order valence-electron chi connectivity index (χ0n) is 16.6. The van der Waals surface area contributed by atoms with Gasteiger partial charge >= 0.3 is 12.1 Å². The summed E-state index contributed by atoms with van der Waals surface area (Å²) in [5.41, 5.74) is 4.78. The van der Waals surface area contributed by atoms with Gasteiger partial charge in [-0.15, -0.1) is 11.8 Å². The fourth-order valence-corrected chi connectivity index (χ4v) is 5.20. The average molecular weight is 505 g/mol. The molecule has 0 saturated carbocycles. The third-order valence-electron chi connectivity index (χ3n) is 4.41. The summed E-state index contributed by atoms with van der Waals surface area (Å²) in [5.74, 6) is -2.85. The molecule has 2 aliphatic heterocycles. The highest BCUT2D eigenvalue weighted by atomic mass is 35.5. The van der Waals surface area contributed by atoms with Gasteiger partial charge in [0.2, 0.25) is 0 Å². The third-order valence-corrected chi connectivity index (χ3v) is 6.84. The van der Waals surface area contributed by atoms with Crippen molar-refractivity contribution in [3.63, 3.8) is 0 Å². The number of anilines is 1. The summed E-state index contributed by atoms with van der Waals surface area (Å²) < 4.78 is 5.06. The lowest BCUT2D eigenvalue weighted by atomic mass is 10.0. The van der Waals surface area contributed by atoms with Crippen LogP contribution in [0.2, 0.25) is 4.34 Å². The van der Waals surface area contributed by atoms with E-state index in [1.807, 2.05) is 0 Å². The van der Waals surface area contributed by atoms with E-state index in [-0.39, 0.29) is 38.8 Å². The number of carboxylic acid groups (broad SMARTS) is 1. The molecule has 3 heterocycles. The van der Waals surface area contributed by atoms with Gasteiger partial charge in [-0.2, -0.15) is 0 Å². The maximum Gasteiger partial charge on any atom is 0.409 e. The number of carbonyl (C=O) groups is 4. The van der Waals surface area contributed by atoms with E-state index in [0.717, 1.165) is 16.2 Å². The van der Waals surface area contributed by atoms with Gasteiger partial charge in [-0.1, -0.05) is 28.1 Å². The molecule has 0 unspecified atom stereocenters. The molecular weight excluding hydrogens is 488 g/mol. The molecule has 5 N–H and O–H groups in total. The van der Waals surface area contributed by atoms with Crippen LogP contribution >= 0.6 is 34.7 Å². The maximum atomic E-state index is 12.7. The van der Waals surface area contributed by atoms with Crippen LogP contribution in [0.25, 0.3) is 0 Å². The molecule has 0 radical (unpaired) electrons. The number of thiazole rings is 1. The number of oxime groups is 1. The summed E-state index contributed by atoms with van der Waals surface area (Å²) in [7, 11) is 2.95. The lowest BCUT2D eigenvalue weighted by molar-refractivity contribution is -0.150. The number of β-lactam (4-membered cyclic amide) rings is 1. The van der Waals surface area contributed by atoms with Crippen LogP contribution in [0.4, 0.5) is 9.93 Å². The summed E-state index contributed by atoms with van der Waals surface area (Å²) in [6.45, 7) is -0.301. The highest BCUT2D eigenvalue weighted by molar-refractivity contribution is 8.00. The van der Waals surface area contributed by atoms with Crippen molar-refractivity contribution in [1.29, 1.82) is 0 Å². The van der Waals surface area contributed by atoms with Crippen molar-refractivity contribution in [2.24, 2.45) is 5.16 Å². The maximum absolute atomic E-state index is 12.7. The number of fused-ring (bicyclic) bond motifs is 1. The molecular formula is C16H17ClN6O7S2. The molecule has 0 aromatic carbocycles. The minimum absolute atomic E-state index is 0.0204. The number of aliphatic carboxylic acids is 1. The van der Waals surface area contributed by atoms with E-state index in [1.54, 1.807) is 0 Å². The monoisotopic (exact) mass is 504 g/mol. The number of nitrogen functional groups attached to an aromatic ring is 1. The van der Waals surface area contributed by atoms with Crippen LogP contribution in [-0.2, 0) is 19.1 Å². The Morgan fingerprint density at radius 2 is 2.12 bits per heavy atom. The van der Waals surface area contributed by atoms with Gasteiger partial charge in [0.25, 0.3) is 11.8 Å². The third kappa shape index (κ3) is 4.31. The van der Waals surface area contributed by atoms with Crippen molar-refractivity contribution in [2.75, 3.05) is 32.2 Å². The van der Waals surface area contributed by atoms with Crippen LogP contribution < -0.4 is 11.1 Å². The zero-order chi connectivity index (χ0) is 23.7. The van der Waals surface area contributed by atoms with Crippen LogP contribution in [-0.4, -0.2) is 92.6 Å². The molecule has 2 atom stereocenters. The van der Waals surface area contributed by atoms with E-state index in [0.29, 0.717) is 0 Å². The summed E-state index contributed by atoms with van der Waals surface area (Å²) >= 11 is 7.99. The molecule has 0 bridgehead atoms. The Morgan fingerprint density at radius 3 is 2.66 bits per heavy atom. The van der Waals surface area contributed by atoms with Crippen LogP contribution in [0.1, 0.15) is 5.69 Å². The van der Waals surface area contributed by atoms with Crippen LogP contribution in [0, 0.1) is 0 Å². The zero-order valence-corrected chi connectivity index (χ0v) is 19.0. The van der Waals surface area contributed by atoms with Gasteiger partial charge in [0.15, 0.2) is 10.8 Å². The van der Waals surface area contributed by atoms with Crippen molar-refractivity contribution in [2.45, 2.75) is 11.4 Å². The molecule has 1 saturated heterocycles. The number of carboxylic acids is 1. The van der Waals surface area contributed by atoms with Crippen LogP contribution in [0.3, 0.4) is 0 Å². The van der Waals surface area contributed by atoms with Crippen molar-refractivity contribution in [3.05, 3.63) is 21.3 Å². The fourth-order valence-electron chi connectivity index (χ4n) is 2.95.